The molecule has 0 bridgehead atoms. The molecule has 1 aromatic rings. The van der Waals surface area contributed by atoms with E-state index >= 15 is 0 Å². The van der Waals surface area contributed by atoms with Gasteiger partial charge in [-0.1, -0.05) is 12.1 Å². The van der Waals surface area contributed by atoms with Crippen molar-refractivity contribution in [1.29, 1.82) is 0 Å². The van der Waals surface area contributed by atoms with Crippen LogP contribution in [0.5, 0.6) is 0 Å². The molecule has 0 aliphatic carbocycles. The van der Waals surface area contributed by atoms with Crippen molar-refractivity contribution in [1.82, 2.24) is 10.6 Å². The maximum Gasteiger partial charge on any atom is 0.407 e. The molecule has 1 aliphatic rings. The van der Waals surface area contributed by atoms with Gasteiger partial charge in [-0.2, -0.15) is 0 Å². The van der Waals surface area contributed by atoms with E-state index in [1.807, 2.05) is 0 Å². The third-order valence-corrected chi connectivity index (χ3v) is 4.02. The molecule has 6 heteroatoms. The van der Waals surface area contributed by atoms with E-state index in [-0.39, 0.29) is 12.2 Å². The highest BCUT2D eigenvalue weighted by atomic mass is 32.2. The largest absolute Gasteiger partial charge is 0.443 e. The molecule has 1 atom stereocenters. The van der Waals surface area contributed by atoms with Crippen LogP contribution in [0.3, 0.4) is 0 Å². The molecule has 0 aromatic heterocycles. The second kappa shape index (κ2) is 8.14. The predicted octanol–water partition coefficient (Wildman–Crippen LogP) is 1.62. The molecule has 1 aliphatic heterocycles. The summed E-state index contributed by atoms with van der Waals surface area (Å²) >= 11 is 1.71. The van der Waals surface area contributed by atoms with Crippen molar-refractivity contribution < 1.29 is 14.3 Å². The Hall–Kier alpha value is -1.24. The molecule has 1 amide bonds. The number of amides is 1. The van der Waals surface area contributed by atoms with Crippen LogP contribution in [0, 0.1) is 0 Å². The molecule has 2 N–H and O–H groups in total. The normalized spacial score (nSPS) is 17.9. The molecule has 1 unspecified atom stereocenters. The Morgan fingerprint density at radius 1 is 1.55 bits per heavy atom. The number of carbonyl (C=O) groups is 1. The van der Waals surface area contributed by atoms with Gasteiger partial charge in [0.25, 0.3) is 0 Å². The smallest absolute Gasteiger partial charge is 0.407 e. The van der Waals surface area contributed by atoms with Gasteiger partial charge in [-0.25, -0.2) is 4.79 Å². The van der Waals surface area contributed by atoms with Crippen molar-refractivity contribution >= 4 is 17.9 Å². The van der Waals surface area contributed by atoms with Gasteiger partial charge in [-0.05, 0) is 17.7 Å². The first-order valence-electron chi connectivity index (χ1n) is 6.64. The van der Waals surface area contributed by atoms with Gasteiger partial charge in [0.1, 0.15) is 6.10 Å². The summed E-state index contributed by atoms with van der Waals surface area (Å²) in [4.78, 5) is 12.1. The van der Waals surface area contributed by atoms with Crippen molar-refractivity contribution in [3.05, 3.63) is 29.8 Å². The monoisotopic (exact) mass is 296 g/mol. The topological polar surface area (TPSA) is 59.6 Å². The molecule has 1 fully saturated rings. The van der Waals surface area contributed by atoms with Crippen molar-refractivity contribution in [2.75, 3.05) is 32.6 Å². The summed E-state index contributed by atoms with van der Waals surface area (Å²) in [6, 6.07) is 8.39. The highest BCUT2D eigenvalue weighted by molar-refractivity contribution is 7.99. The third kappa shape index (κ3) is 5.03. The fraction of sp³-hybridized carbons (Fsp3) is 0.500. The molecule has 0 spiro atoms. The zero-order chi connectivity index (χ0) is 14.2. The zero-order valence-electron chi connectivity index (χ0n) is 11.6. The van der Waals surface area contributed by atoms with Crippen molar-refractivity contribution in [2.45, 2.75) is 17.5 Å². The predicted molar refractivity (Wildman–Crippen MR) is 79.0 cm³/mol. The standard InChI is InChI=1S/C14H20N2O3S/c1-18-6-5-15-8-11-3-2-4-13(7-11)20-10-12-9-16-14(17)19-12/h2-4,7,12,15H,5-6,8-10H2,1H3,(H,16,17). The fourth-order valence-corrected chi connectivity index (χ4v) is 2.84. The van der Waals surface area contributed by atoms with E-state index in [2.05, 4.69) is 34.9 Å². The quantitative estimate of drug-likeness (QED) is 0.564. The number of thioether (sulfide) groups is 1. The van der Waals surface area contributed by atoms with E-state index in [1.54, 1.807) is 18.9 Å². The molecule has 20 heavy (non-hydrogen) atoms. The van der Waals surface area contributed by atoms with Crippen LogP contribution in [-0.4, -0.2) is 44.8 Å². The SMILES string of the molecule is COCCNCc1cccc(SCC2CNC(=O)O2)c1. The summed E-state index contributed by atoms with van der Waals surface area (Å²) in [5, 5.41) is 5.98. The van der Waals surface area contributed by atoms with Crippen LogP contribution in [0.2, 0.25) is 0 Å². The molecule has 5 nitrogen and oxygen atoms in total. The summed E-state index contributed by atoms with van der Waals surface area (Å²) in [6.07, 6.45) is -0.345. The molecule has 0 radical (unpaired) electrons. The Kier molecular flexibility index (Phi) is 6.17. The molecular weight excluding hydrogens is 276 g/mol. The second-order valence-electron chi connectivity index (χ2n) is 4.54. The van der Waals surface area contributed by atoms with Gasteiger partial charge in [0.15, 0.2) is 0 Å². The zero-order valence-corrected chi connectivity index (χ0v) is 12.4. The molecule has 1 saturated heterocycles. The van der Waals surface area contributed by atoms with Crippen molar-refractivity contribution in [3.8, 4) is 0 Å². The maximum absolute atomic E-state index is 10.9. The highest BCUT2D eigenvalue weighted by Crippen LogP contribution is 2.21. The Labute approximate surface area is 123 Å². The van der Waals surface area contributed by atoms with Gasteiger partial charge >= 0.3 is 6.09 Å². The summed E-state index contributed by atoms with van der Waals surface area (Å²) in [5.74, 6) is 0.777. The number of hydrogen-bond acceptors (Lipinski definition) is 5. The number of cyclic esters (lactones) is 1. The van der Waals surface area contributed by atoms with Crippen LogP contribution in [-0.2, 0) is 16.0 Å². The summed E-state index contributed by atoms with van der Waals surface area (Å²) in [7, 11) is 1.70. The van der Waals surface area contributed by atoms with Crippen LogP contribution in [0.1, 0.15) is 5.56 Å². The van der Waals surface area contributed by atoms with Gasteiger partial charge in [0.2, 0.25) is 0 Å². The molecule has 110 valence electrons. The van der Waals surface area contributed by atoms with Crippen LogP contribution < -0.4 is 10.6 Å². The Bertz CT molecular complexity index is 442. The fourth-order valence-electron chi connectivity index (χ4n) is 1.87. The van der Waals surface area contributed by atoms with E-state index in [0.29, 0.717) is 13.2 Å². The lowest BCUT2D eigenvalue weighted by atomic mass is 10.2. The molecule has 0 saturated carbocycles. The van der Waals surface area contributed by atoms with Crippen LogP contribution in [0.25, 0.3) is 0 Å². The first kappa shape index (κ1) is 15.2. The van der Waals surface area contributed by atoms with Gasteiger partial charge in [-0.15, -0.1) is 11.8 Å². The Balaban J connectivity index is 1.75. The average Bonchev–Trinajstić information content (AvgIpc) is 2.88. The molecule has 1 heterocycles. The van der Waals surface area contributed by atoms with Crippen LogP contribution >= 0.6 is 11.8 Å². The number of alkyl carbamates (subject to hydrolysis) is 1. The number of benzene rings is 1. The first-order valence-corrected chi connectivity index (χ1v) is 7.62. The minimum atomic E-state index is -0.313. The highest BCUT2D eigenvalue weighted by Gasteiger charge is 2.22. The van der Waals surface area contributed by atoms with Crippen molar-refractivity contribution in [3.63, 3.8) is 0 Å². The van der Waals surface area contributed by atoms with E-state index in [1.165, 1.54) is 10.5 Å². The second-order valence-corrected chi connectivity index (χ2v) is 5.63. The number of carbonyl (C=O) groups excluding carboxylic acids is 1. The van der Waals surface area contributed by atoms with Crippen LogP contribution in [0.4, 0.5) is 4.79 Å². The number of rotatable bonds is 8. The van der Waals surface area contributed by atoms with Gasteiger partial charge in [0.05, 0.1) is 13.2 Å². The minimum Gasteiger partial charge on any atom is -0.443 e. The van der Waals surface area contributed by atoms with Gasteiger partial charge in [-0.3, -0.25) is 0 Å². The Morgan fingerprint density at radius 3 is 3.20 bits per heavy atom. The number of methoxy groups -OCH3 is 1. The van der Waals surface area contributed by atoms with E-state index in [0.717, 1.165) is 18.8 Å². The third-order valence-electron chi connectivity index (χ3n) is 2.89. The summed E-state index contributed by atoms with van der Waals surface area (Å²) in [5.41, 5.74) is 1.24. The number of hydrogen-bond donors (Lipinski definition) is 2. The summed E-state index contributed by atoms with van der Waals surface area (Å²) in [6.45, 7) is 2.99. The van der Waals surface area contributed by atoms with Gasteiger partial charge in [0, 0.05) is 30.8 Å². The molecule has 2 rings (SSSR count). The lowest BCUT2D eigenvalue weighted by molar-refractivity contribution is 0.150. The van der Waals surface area contributed by atoms with E-state index in [4.69, 9.17) is 9.47 Å². The maximum atomic E-state index is 10.9. The van der Waals surface area contributed by atoms with Gasteiger partial charge < -0.3 is 20.1 Å². The minimum absolute atomic E-state index is 0.0315. The van der Waals surface area contributed by atoms with Crippen LogP contribution in [0.15, 0.2) is 29.2 Å². The van der Waals surface area contributed by atoms with E-state index < -0.39 is 0 Å². The number of ether oxygens (including phenoxy) is 2. The average molecular weight is 296 g/mol. The summed E-state index contributed by atoms with van der Waals surface area (Å²) < 4.78 is 10.1. The van der Waals surface area contributed by atoms with E-state index in [9.17, 15) is 4.79 Å². The lowest BCUT2D eigenvalue weighted by Crippen LogP contribution is -2.18. The Morgan fingerprint density at radius 2 is 2.45 bits per heavy atom. The lowest BCUT2D eigenvalue weighted by Gasteiger charge is -2.09. The molecular formula is C14H20N2O3S. The number of nitrogens with one attached hydrogen (secondary N) is 2. The first-order chi connectivity index (χ1) is 9.78. The molecule has 1 aromatic carbocycles. The van der Waals surface area contributed by atoms with Crippen molar-refractivity contribution in [2.24, 2.45) is 0 Å².